The predicted octanol–water partition coefficient (Wildman–Crippen LogP) is 3.18. The van der Waals surface area contributed by atoms with Crippen LogP contribution in [0, 0.1) is 5.82 Å². The van der Waals surface area contributed by atoms with E-state index in [-0.39, 0.29) is 12.6 Å². The Balaban J connectivity index is 1.56. The highest BCUT2D eigenvalue weighted by Crippen LogP contribution is 2.32. The number of benzene rings is 2. The molecule has 0 spiro atoms. The summed E-state index contributed by atoms with van der Waals surface area (Å²) < 4.78 is 24.8. The van der Waals surface area contributed by atoms with Crippen molar-refractivity contribution >= 4 is 21.9 Å². The van der Waals surface area contributed by atoms with E-state index < -0.39 is 0 Å². The zero-order valence-corrected chi connectivity index (χ0v) is 14.7. The average Bonchev–Trinajstić information content (AvgIpc) is 3.05. The molecule has 0 aliphatic carbocycles. The number of halogens is 2. The van der Waals surface area contributed by atoms with Crippen LogP contribution < -0.4 is 20.1 Å². The summed E-state index contributed by atoms with van der Waals surface area (Å²) in [5.74, 6) is 1.88. The van der Waals surface area contributed by atoms with Crippen molar-refractivity contribution < 1.29 is 13.9 Å². The summed E-state index contributed by atoms with van der Waals surface area (Å²) in [7, 11) is 1.69. The fraction of sp³-hybridized carbons (Fsp3) is 0.235. The fourth-order valence-corrected chi connectivity index (χ4v) is 2.70. The number of nitrogens with one attached hydrogen (secondary N) is 2. The zero-order chi connectivity index (χ0) is 16.9. The van der Waals surface area contributed by atoms with Gasteiger partial charge in [-0.05, 0) is 41.5 Å². The van der Waals surface area contributed by atoms with Crippen molar-refractivity contribution in [1.29, 1.82) is 0 Å². The second-order valence-electron chi connectivity index (χ2n) is 5.20. The molecule has 1 aliphatic heterocycles. The van der Waals surface area contributed by atoms with Gasteiger partial charge in [-0.25, -0.2) is 4.39 Å². The molecule has 0 radical (unpaired) electrons. The third kappa shape index (κ3) is 3.97. The van der Waals surface area contributed by atoms with Crippen molar-refractivity contribution in [3.63, 3.8) is 0 Å². The Labute approximate surface area is 148 Å². The maximum atomic E-state index is 13.3. The van der Waals surface area contributed by atoms with Crippen LogP contribution in [0.1, 0.15) is 11.1 Å². The third-order valence-electron chi connectivity index (χ3n) is 3.57. The van der Waals surface area contributed by atoms with Gasteiger partial charge in [0.2, 0.25) is 6.79 Å². The Bertz CT molecular complexity index is 767. The Morgan fingerprint density at radius 2 is 1.92 bits per heavy atom. The summed E-state index contributed by atoms with van der Waals surface area (Å²) in [6.07, 6.45) is 0. The molecule has 2 aromatic carbocycles. The minimum atomic E-state index is -0.265. The molecule has 0 aromatic heterocycles. The molecule has 7 heteroatoms. The maximum Gasteiger partial charge on any atom is 0.231 e. The molecule has 0 saturated heterocycles. The molecule has 5 nitrogen and oxygen atoms in total. The minimum Gasteiger partial charge on any atom is -0.454 e. The van der Waals surface area contributed by atoms with E-state index in [2.05, 4.69) is 31.6 Å². The summed E-state index contributed by atoms with van der Waals surface area (Å²) in [6, 6.07) is 10.4. The van der Waals surface area contributed by atoms with Gasteiger partial charge in [0, 0.05) is 24.6 Å². The fourth-order valence-electron chi connectivity index (χ4n) is 2.32. The molecule has 1 heterocycles. The molecule has 0 atom stereocenters. The van der Waals surface area contributed by atoms with Gasteiger partial charge in [0.15, 0.2) is 17.5 Å². The molecule has 126 valence electrons. The molecule has 2 N–H and O–H groups in total. The van der Waals surface area contributed by atoms with E-state index in [0.717, 1.165) is 27.1 Å². The number of fused-ring (bicyclic) bond motifs is 1. The van der Waals surface area contributed by atoms with Crippen molar-refractivity contribution in [2.24, 2.45) is 4.99 Å². The van der Waals surface area contributed by atoms with Gasteiger partial charge in [0.05, 0.1) is 0 Å². The highest BCUT2D eigenvalue weighted by molar-refractivity contribution is 9.10. The Morgan fingerprint density at radius 1 is 1.12 bits per heavy atom. The lowest BCUT2D eigenvalue weighted by Gasteiger charge is -2.13. The first-order chi connectivity index (χ1) is 11.7. The SMILES string of the molecule is CN=C(NCc1ccc2c(c1)OCO2)NCc1cc(F)ccc1Br. The first-order valence-electron chi connectivity index (χ1n) is 7.42. The van der Waals surface area contributed by atoms with Crippen LogP contribution in [0.15, 0.2) is 45.9 Å². The van der Waals surface area contributed by atoms with Crippen molar-refractivity contribution in [2.45, 2.75) is 13.1 Å². The monoisotopic (exact) mass is 393 g/mol. The van der Waals surface area contributed by atoms with Crippen molar-refractivity contribution in [2.75, 3.05) is 13.8 Å². The van der Waals surface area contributed by atoms with Crippen LogP contribution in [-0.2, 0) is 13.1 Å². The Hall–Kier alpha value is -2.28. The number of rotatable bonds is 4. The summed E-state index contributed by atoms with van der Waals surface area (Å²) in [6.45, 7) is 1.30. The Morgan fingerprint density at radius 3 is 2.75 bits per heavy atom. The molecule has 3 rings (SSSR count). The molecule has 0 bridgehead atoms. The van der Waals surface area contributed by atoms with Crippen LogP contribution in [0.25, 0.3) is 0 Å². The van der Waals surface area contributed by atoms with Crippen LogP contribution in [0.2, 0.25) is 0 Å². The molecule has 1 aliphatic rings. The average molecular weight is 394 g/mol. The van der Waals surface area contributed by atoms with Gasteiger partial charge < -0.3 is 20.1 Å². The lowest BCUT2D eigenvalue weighted by atomic mass is 10.2. The number of guanidine groups is 1. The van der Waals surface area contributed by atoms with E-state index >= 15 is 0 Å². The highest BCUT2D eigenvalue weighted by atomic mass is 79.9. The van der Waals surface area contributed by atoms with Crippen molar-refractivity contribution in [3.8, 4) is 11.5 Å². The van der Waals surface area contributed by atoms with E-state index in [1.54, 1.807) is 13.1 Å². The highest BCUT2D eigenvalue weighted by Gasteiger charge is 2.13. The summed E-state index contributed by atoms with van der Waals surface area (Å²) in [4.78, 5) is 4.17. The molecular formula is C17H17BrFN3O2. The predicted molar refractivity (Wildman–Crippen MR) is 93.7 cm³/mol. The van der Waals surface area contributed by atoms with Crippen LogP contribution >= 0.6 is 15.9 Å². The molecule has 0 fully saturated rings. The maximum absolute atomic E-state index is 13.3. The molecule has 2 aromatic rings. The van der Waals surface area contributed by atoms with E-state index in [9.17, 15) is 4.39 Å². The van der Waals surface area contributed by atoms with Crippen LogP contribution in [0.5, 0.6) is 11.5 Å². The van der Waals surface area contributed by atoms with Gasteiger partial charge in [-0.2, -0.15) is 0 Å². The normalized spacial score (nSPS) is 13.0. The van der Waals surface area contributed by atoms with Crippen LogP contribution in [0.4, 0.5) is 4.39 Å². The van der Waals surface area contributed by atoms with Crippen LogP contribution in [-0.4, -0.2) is 19.8 Å². The van der Waals surface area contributed by atoms with Crippen LogP contribution in [0.3, 0.4) is 0 Å². The topological polar surface area (TPSA) is 54.9 Å². The first kappa shape index (κ1) is 16.6. The molecule has 0 saturated carbocycles. The quantitative estimate of drug-likeness (QED) is 0.618. The number of hydrogen-bond donors (Lipinski definition) is 2. The van der Waals surface area contributed by atoms with E-state index in [4.69, 9.17) is 9.47 Å². The summed E-state index contributed by atoms with van der Waals surface area (Å²) in [5.41, 5.74) is 1.87. The molecule has 0 amide bonds. The minimum absolute atomic E-state index is 0.262. The van der Waals surface area contributed by atoms with Gasteiger partial charge in [0.1, 0.15) is 5.82 Å². The van der Waals surface area contributed by atoms with Gasteiger partial charge in [0.25, 0.3) is 0 Å². The van der Waals surface area contributed by atoms with Gasteiger partial charge in [-0.3, -0.25) is 4.99 Å². The van der Waals surface area contributed by atoms with Gasteiger partial charge in [-0.1, -0.05) is 22.0 Å². The molecule has 24 heavy (non-hydrogen) atoms. The van der Waals surface area contributed by atoms with Gasteiger partial charge >= 0.3 is 0 Å². The van der Waals surface area contributed by atoms with E-state index in [1.165, 1.54) is 12.1 Å². The Kier molecular flexibility index (Phi) is 5.20. The van der Waals surface area contributed by atoms with Crippen molar-refractivity contribution in [3.05, 3.63) is 57.8 Å². The number of aliphatic imine (C=N–C) groups is 1. The second-order valence-corrected chi connectivity index (χ2v) is 6.06. The number of ether oxygens (including phenoxy) is 2. The van der Waals surface area contributed by atoms with E-state index in [1.807, 2.05) is 18.2 Å². The van der Waals surface area contributed by atoms with Crippen molar-refractivity contribution in [1.82, 2.24) is 10.6 Å². The lowest BCUT2D eigenvalue weighted by Crippen LogP contribution is -2.36. The molecular weight excluding hydrogens is 377 g/mol. The van der Waals surface area contributed by atoms with E-state index in [0.29, 0.717) is 19.0 Å². The lowest BCUT2D eigenvalue weighted by molar-refractivity contribution is 0.174. The smallest absolute Gasteiger partial charge is 0.231 e. The largest absolute Gasteiger partial charge is 0.454 e. The second kappa shape index (κ2) is 7.53. The number of hydrogen-bond acceptors (Lipinski definition) is 3. The standard InChI is InChI=1S/C17H17BrFN3O2/c1-20-17(22-9-12-7-13(19)3-4-14(12)18)21-8-11-2-5-15-16(6-11)24-10-23-15/h2-7H,8-10H2,1H3,(H2,20,21,22). The zero-order valence-electron chi connectivity index (χ0n) is 13.1. The first-order valence-corrected chi connectivity index (χ1v) is 8.22. The van der Waals surface area contributed by atoms with Gasteiger partial charge in [-0.15, -0.1) is 0 Å². The third-order valence-corrected chi connectivity index (χ3v) is 4.35. The summed E-state index contributed by atoms with van der Waals surface area (Å²) in [5, 5.41) is 6.38. The molecule has 0 unspecified atom stereocenters. The number of nitrogens with zero attached hydrogens (tertiary/aromatic N) is 1. The summed E-state index contributed by atoms with van der Waals surface area (Å²) >= 11 is 3.41.